The minimum Gasteiger partial charge on any atom is -0.481 e. The number of hydrogen-bond donors (Lipinski definition) is 2. The van der Waals surface area contributed by atoms with E-state index in [0.29, 0.717) is 24.5 Å². The fraction of sp³-hybridized carbons (Fsp3) is 0.690. The second-order valence-electron chi connectivity index (χ2n) is 11.0. The molecule has 5 rings (SSSR count). The number of benzene rings is 1. The van der Waals surface area contributed by atoms with Crippen molar-refractivity contribution >= 4 is 6.16 Å². The van der Waals surface area contributed by atoms with Crippen molar-refractivity contribution in [1.29, 1.82) is 0 Å². The van der Waals surface area contributed by atoms with Crippen LogP contribution in [0.4, 0.5) is 4.79 Å². The smallest absolute Gasteiger partial charge is 0.481 e. The van der Waals surface area contributed by atoms with E-state index in [1.807, 2.05) is 12.1 Å². The molecule has 1 spiro atoms. The molecule has 2 N–H and O–H groups in total. The van der Waals surface area contributed by atoms with E-state index in [-0.39, 0.29) is 12.1 Å². The van der Waals surface area contributed by atoms with Crippen LogP contribution in [0.3, 0.4) is 0 Å². The average Bonchev–Trinajstić information content (AvgIpc) is 3.19. The number of rotatable bonds is 11. The van der Waals surface area contributed by atoms with Gasteiger partial charge in [-0.15, -0.1) is 0 Å². The molecule has 1 aromatic carbocycles. The van der Waals surface area contributed by atoms with Crippen LogP contribution in [0.5, 0.6) is 11.5 Å². The van der Waals surface area contributed by atoms with Gasteiger partial charge >= 0.3 is 6.16 Å². The van der Waals surface area contributed by atoms with E-state index >= 15 is 0 Å². The van der Waals surface area contributed by atoms with Gasteiger partial charge in [0.05, 0.1) is 17.6 Å². The molecule has 2 fully saturated rings. The lowest BCUT2D eigenvalue weighted by Gasteiger charge is -2.60. The Balaban J connectivity index is 1.20. The Morgan fingerprint density at radius 1 is 1.14 bits per heavy atom. The molecule has 6 nitrogen and oxygen atoms in total. The van der Waals surface area contributed by atoms with Crippen molar-refractivity contribution in [3.8, 4) is 11.5 Å². The minimum absolute atomic E-state index is 0.00183. The summed E-state index contributed by atoms with van der Waals surface area (Å²) in [6.07, 6.45) is 12.9. The first-order valence-corrected chi connectivity index (χ1v) is 13.8. The van der Waals surface area contributed by atoms with E-state index in [4.69, 9.17) is 14.2 Å². The lowest BCUT2D eigenvalue weighted by molar-refractivity contribution is -0.135. The zero-order chi connectivity index (χ0) is 24.5. The fourth-order valence-corrected chi connectivity index (χ4v) is 7.11. The highest BCUT2D eigenvalue weighted by atomic mass is 16.7. The van der Waals surface area contributed by atoms with Crippen molar-refractivity contribution in [1.82, 2.24) is 5.32 Å². The van der Waals surface area contributed by atoms with Crippen LogP contribution in [-0.2, 0) is 16.6 Å². The third-order valence-corrected chi connectivity index (χ3v) is 8.88. The van der Waals surface area contributed by atoms with Gasteiger partial charge in [-0.3, -0.25) is 0 Å². The quantitative estimate of drug-likeness (QED) is 0.181. The Kier molecular flexibility index (Phi) is 7.13. The van der Waals surface area contributed by atoms with Crippen molar-refractivity contribution < 1.29 is 24.1 Å². The SMILES string of the molecule is C=C1CCC2(O)C3Cc4ccc(OC(=O)OCCCCCCCCCCC)c5c4C2(CCN3)C1O5. The summed E-state index contributed by atoms with van der Waals surface area (Å²) in [6.45, 7) is 7.72. The number of piperidine rings is 1. The molecule has 4 aliphatic rings. The summed E-state index contributed by atoms with van der Waals surface area (Å²) >= 11 is 0. The second-order valence-corrected chi connectivity index (χ2v) is 11.0. The standard InChI is InChI=1S/C29H41NO5/c1-3-4-5-6-7-8-9-10-11-18-33-27(31)34-22-13-12-21-19-23-29(32)15-14-20(2)26-28(29,16-17-30-23)24(21)25(22)35-26/h12-13,23,26,30,32H,2-11,14-19H2,1H3. The minimum atomic E-state index is -0.884. The summed E-state index contributed by atoms with van der Waals surface area (Å²) in [6, 6.07) is 3.83. The molecule has 0 radical (unpaired) electrons. The lowest BCUT2D eigenvalue weighted by Crippen LogP contribution is -2.74. The summed E-state index contributed by atoms with van der Waals surface area (Å²) < 4.78 is 17.5. The third-order valence-electron chi connectivity index (χ3n) is 8.88. The van der Waals surface area contributed by atoms with Crippen LogP contribution in [0, 0.1) is 0 Å². The first-order chi connectivity index (χ1) is 17.0. The van der Waals surface area contributed by atoms with Crippen molar-refractivity contribution in [3.05, 3.63) is 35.4 Å². The number of nitrogens with one attached hydrogen (secondary N) is 1. The van der Waals surface area contributed by atoms with Crippen LogP contribution in [0.2, 0.25) is 0 Å². The normalized spacial score (nSPS) is 29.9. The van der Waals surface area contributed by atoms with Crippen LogP contribution < -0.4 is 14.8 Å². The van der Waals surface area contributed by atoms with Crippen LogP contribution in [0.25, 0.3) is 0 Å². The molecule has 192 valence electrons. The zero-order valence-corrected chi connectivity index (χ0v) is 21.2. The van der Waals surface area contributed by atoms with Crippen LogP contribution in [0.15, 0.2) is 24.3 Å². The predicted molar refractivity (Wildman–Crippen MR) is 135 cm³/mol. The highest BCUT2D eigenvalue weighted by molar-refractivity contribution is 5.70. The van der Waals surface area contributed by atoms with E-state index in [9.17, 15) is 9.90 Å². The third kappa shape index (κ3) is 4.17. The first-order valence-electron chi connectivity index (χ1n) is 13.8. The zero-order valence-electron chi connectivity index (χ0n) is 21.2. The van der Waals surface area contributed by atoms with Crippen LogP contribution in [0.1, 0.15) is 95.1 Å². The molecule has 1 saturated heterocycles. The number of hydrogen-bond acceptors (Lipinski definition) is 6. The van der Waals surface area contributed by atoms with Gasteiger partial charge < -0.3 is 24.6 Å². The molecule has 0 aromatic heterocycles. The van der Waals surface area contributed by atoms with E-state index in [1.54, 1.807) is 0 Å². The molecule has 2 aliphatic heterocycles. The predicted octanol–water partition coefficient (Wildman–Crippen LogP) is 5.73. The molecule has 6 heteroatoms. The van der Waals surface area contributed by atoms with E-state index in [0.717, 1.165) is 55.3 Å². The van der Waals surface area contributed by atoms with Crippen molar-refractivity contribution in [2.45, 2.75) is 114 Å². The summed E-state index contributed by atoms with van der Waals surface area (Å²) in [5.41, 5.74) is 1.78. The van der Waals surface area contributed by atoms with E-state index in [2.05, 4.69) is 18.8 Å². The Labute approximate surface area is 209 Å². The van der Waals surface area contributed by atoms with Gasteiger partial charge in [0.1, 0.15) is 6.10 Å². The summed E-state index contributed by atoms with van der Waals surface area (Å²) in [5.74, 6) is 0.978. The van der Waals surface area contributed by atoms with Gasteiger partial charge in [0, 0.05) is 11.6 Å². The number of ether oxygens (including phenoxy) is 3. The van der Waals surface area contributed by atoms with Gasteiger partial charge in [-0.2, -0.15) is 0 Å². The summed E-state index contributed by atoms with van der Waals surface area (Å²) in [7, 11) is 0. The largest absolute Gasteiger partial charge is 0.513 e. The highest BCUT2D eigenvalue weighted by Gasteiger charge is 2.70. The number of aliphatic hydroxyl groups is 1. The first kappa shape index (κ1) is 24.6. The Morgan fingerprint density at radius 2 is 1.89 bits per heavy atom. The molecular weight excluding hydrogens is 442 g/mol. The van der Waals surface area contributed by atoms with Gasteiger partial charge in [0.15, 0.2) is 11.5 Å². The van der Waals surface area contributed by atoms with Gasteiger partial charge in [0.2, 0.25) is 0 Å². The molecule has 2 bridgehead atoms. The number of carbonyl (C=O) groups excluding carboxylic acids is 1. The lowest BCUT2D eigenvalue weighted by atomic mass is 9.49. The molecule has 1 saturated carbocycles. The number of unbranched alkanes of at least 4 members (excludes halogenated alkanes) is 8. The highest BCUT2D eigenvalue weighted by Crippen LogP contribution is 2.65. The Morgan fingerprint density at radius 3 is 2.66 bits per heavy atom. The van der Waals surface area contributed by atoms with Crippen molar-refractivity contribution in [3.63, 3.8) is 0 Å². The van der Waals surface area contributed by atoms with Gasteiger partial charge in [-0.25, -0.2) is 4.79 Å². The van der Waals surface area contributed by atoms with Gasteiger partial charge in [-0.05, 0) is 55.9 Å². The van der Waals surface area contributed by atoms with Crippen LogP contribution in [-0.4, -0.2) is 42.2 Å². The molecular formula is C29H41NO5. The van der Waals surface area contributed by atoms with Gasteiger partial charge in [-0.1, -0.05) is 70.9 Å². The maximum atomic E-state index is 12.5. The Hall–Kier alpha value is -2.05. The molecule has 35 heavy (non-hydrogen) atoms. The second kappa shape index (κ2) is 10.1. The average molecular weight is 484 g/mol. The van der Waals surface area contributed by atoms with Gasteiger partial charge in [0.25, 0.3) is 0 Å². The topological polar surface area (TPSA) is 77.0 Å². The maximum absolute atomic E-state index is 12.5. The van der Waals surface area contributed by atoms with E-state index in [1.165, 1.54) is 44.9 Å². The summed E-state index contributed by atoms with van der Waals surface area (Å²) in [4.78, 5) is 12.5. The molecule has 0 amide bonds. The molecule has 4 unspecified atom stereocenters. The molecule has 2 heterocycles. The Bertz CT molecular complexity index is 961. The molecule has 4 atom stereocenters. The van der Waals surface area contributed by atoms with Crippen molar-refractivity contribution in [2.75, 3.05) is 13.2 Å². The monoisotopic (exact) mass is 483 g/mol. The number of carbonyl (C=O) groups is 1. The van der Waals surface area contributed by atoms with E-state index < -0.39 is 17.2 Å². The molecule has 2 aliphatic carbocycles. The maximum Gasteiger partial charge on any atom is 0.513 e. The molecule has 1 aromatic rings. The van der Waals surface area contributed by atoms with Crippen molar-refractivity contribution in [2.24, 2.45) is 0 Å². The van der Waals surface area contributed by atoms with Crippen LogP contribution >= 0.6 is 0 Å². The fourth-order valence-electron chi connectivity index (χ4n) is 7.11. The summed E-state index contributed by atoms with van der Waals surface area (Å²) in [5, 5.41) is 15.5.